The molecule has 20 heavy (non-hydrogen) atoms. The van der Waals surface area contributed by atoms with E-state index in [1.54, 1.807) is 24.3 Å². The minimum Gasteiger partial charge on any atom is -0.469 e. The molecule has 5 nitrogen and oxygen atoms in total. The molecular weight excluding hydrogens is 256 g/mol. The van der Waals surface area contributed by atoms with E-state index in [0.717, 1.165) is 6.54 Å². The molecule has 1 rings (SSSR count). The first kappa shape index (κ1) is 16.2. The maximum atomic E-state index is 11.5. The van der Waals surface area contributed by atoms with Crippen LogP contribution in [0.2, 0.25) is 0 Å². The van der Waals surface area contributed by atoms with Crippen LogP contribution in [0.5, 0.6) is 0 Å². The quantitative estimate of drug-likeness (QED) is 0.832. The van der Waals surface area contributed by atoms with Crippen molar-refractivity contribution in [2.45, 2.75) is 13.3 Å². The van der Waals surface area contributed by atoms with E-state index in [1.807, 2.05) is 24.9 Å². The fraction of sp³-hybridized carbons (Fsp3) is 0.467. The Kier molecular flexibility index (Phi) is 8.89. The molecule has 1 N–H and O–H groups in total. The standard InChI is InChI=1S/C11H13NO3.C4H11N/c1-15-10(13)7-8-12-11(14)9-5-3-2-4-6-9;1-4-5(2)3/h2-6H,7-8H2,1H3,(H,12,14);4H2,1-3H3/i;2D. The van der Waals surface area contributed by atoms with Gasteiger partial charge in [-0.2, -0.15) is 0 Å². The van der Waals surface area contributed by atoms with Crippen LogP contribution in [-0.2, 0) is 9.53 Å². The average Bonchev–Trinajstić information content (AvgIpc) is 2.55. The zero-order chi connectivity index (χ0) is 16.1. The van der Waals surface area contributed by atoms with Crippen molar-refractivity contribution >= 4 is 11.9 Å². The lowest BCUT2D eigenvalue weighted by Crippen LogP contribution is -2.26. The van der Waals surface area contributed by atoms with Crippen LogP contribution in [0.3, 0.4) is 0 Å². The normalized spacial score (nSPS) is 10.1. The molecule has 112 valence electrons. The van der Waals surface area contributed by atoms with Gasteiger partial charge < -0.3 is 15.0 Å². The summed E-state index contributed by atoms with van der Waals surface area (Å²) in [5.41, 5.74) is 0.586. The number of nitrogens with zero attached hydrogens (tertiary/aromatic N) is 1. The number of hydrogen-bond donors (Lipinski definition) is 1. The van der Waals surface area contributed by atoms with Gasteiger partial charge in [0.2, 0.25) is 0 Å². The van der Waals surface area contributed by atoms with Gasteiger partial charge in [0.1, 0.15) is 0 Å². The lowest BCUT2D eigenvalue weighted by molar-refractivity contribution is -0.140. The van der Waals surface area contributed by atoms with Crippen molar-refractivity contribution in [3.05, 3.63) is 35.9 Å². The first-order valence-corrected chi connectivity index (χ1v) is 6.43. The molecule has 1 amide bonds. The number of rotatable bonds is 5. The first-order chi connectivity index (χ1) is 10.0. The van der Waals surface area contributed by atoms with Gasteiger partial charge in [0, 0.05) is 13.5 Å². The fourth-order valence-corrected chi connectivity index (χ4v) is 1.07. The van der Waals surface area contributed by atoms with Crippen molar-refractivity contribution in [1.29, 1.82) is 0 Å². The summed E-state index contributed by atoms with van der Waals surface area (Å²) in [5, 5.41) is 2.62. The highest BCUT2D eigenvalue weighted by Gasteiger charge is 2.05. The summed E-state index contributed by atoms with van der Waals surface area (Å²) >= 11 is 0. The number of carbonyl (C=O) groups is 2. The lowest BCUT2D eigenvalue weighted by Gasteiger charge is -2.03. The first-order valence-electron chi connectivity index (χ1n) is 7.13. The van der Waals surface area contributed by atoms with E-state index in [4.69, 9.17) is 1.37 Å². The Hall–Kier alpha value is -1.88. The molecule has 0 saturated heterocycles. The SMILES string of the molecule is COC(=O)CCNC(=O)c1ccccc1.[2H]CN(C)CC. The Morgan fingerprint density at radius 2 is 2.00 bits per heavy atom. The highest BCUT2D eigenvalue weighted by molar-refractivity contribution is 5.94. The molecule has 0 heterocycles. The van der Waals surface area contributed by atoms with E-state index in [0.29, 0.717) is 19.1 Å². The van der Waals surface area contributed by atoms with Crippen LogP contribution in [-0.4, -0.2) is 51.0 Å². The summed E-state index contributed by atoms with van der Waals surface area (Å²) in [5.74, 6) is -0.511. The van der Waals surface area contributed by atoms with Crippen LogP contribution in [0.4, 0.5) is 0 Å². The summed E-state index contributed by atoms with van der Waals surface area (Å²) in [6.45, 7) is 3.30. The summed E-state index contributed by atoms with van der Waals surface area (Å²) in [7, 11) is 3.66. The molecule has 0 aliphatic carbocycles. The van der Waals surface area contributed by atoms with Gasteiger partial charge in [0.25, 0.3) is 5.91 Å². The van der Waals surface area contributed by atoms with E-state index < -0.39 is 0 Å². The molecule has 0 saturated carbocycles. The summed E-state index contributed by atoms with van der Waals surface area (Å²) < 4.78 is 11.2. The van der Waals surface area contributed by atoms with Crippen molar-refractivity contribution in [3.8, 4) is 0 Å². The number of nitrogens with one attached hydrogen (secondary N) is 1. The predicted octanol–water partition coefficient (Wildman–Crippen LogP) is 1.55. The fourth-order valence-electron chi connectivity index (χ4n) is 1.07. The molecule has 0 fully saturated rings. The van der Waals surface area contributed by atoms with Crippen molar-refractivity contribution in [2.24, 2.45) is 0 Å². The number of carbonyl (C=O) groups excluding carboxylic acids is 2. The van der Waals surface area contributed by atoms with Crippen LogP contribution < -0.4 is 5.32 Å². The molecule has 0 bridgehead atoms. The van der Waals surface area contributed by atoms with Crippen LogP contribution >= 0.6 is 0 Å². The second-order valence-corrected chi connectivity index (χ2v) is 4.12. The van der Waals surface area contributed by atoms with E-state index >= 15 is 0 Å². The molecule has 0 aromatic heterocycles. The van der Waals surface area contributed by atoms with Crippen molar-refractivity contribution in [2.75, 3.05) is 34.3 Å². The van der Waals surface area contributed by atoms with Crippen molar-refractivity contribution in [1.82, 2.24) is 10.2 Å². The maximum Gasteiger partial charge on any atom is 0.307 e. The third-order valence-corrected chi connectivity index (χ3v) is 2.42. The molecule has 1 aromatic rings. The molecular formula is C15H24N2O3. The van der Waals surface area contributed by atoms with Gasteiger partial charge >= 0.3 is 5.97 Å². The third kappa shape index (κ3) is 9.10. The maximum absolute atomic E-state index is 11.5. The Balaban J connectivity index is 0.000000567. The Bertz CT molecular complexity index is 409. The Morgan fingerprint density at radius 1 is 1.35 bits per heavy atom. The highest BCUT2D eigenvalue weighted by Crippen LogP contribution is 1.97. The summed E-state index contributed by atoms with van der Waals surface area (Å²) in [6.07, 6.45) is 0.190. The molecule has 0 aliphatic heterocycles. The molecule has 1 aromatic carbocycles. The molecule has 5 heteroatoms. The lowest BCUT2D eigenvalue weighted by atomic mass is 10.2. The van der Waals surface area contributed by atoms with E-state index in [-0.39, 0.29) is 18.3 Å². The topological polar surface area (TPSA) is 58.6 Å². The zero-order valence-corrected chi connectivity index (χ0v) is 12.4. The number of methoxy groups -OCH3 is 1. The van der Waals surface area contributed by atoms with Gasteiger partial charge in [0.15, 0.2) is 0 Å². The molecule has 0 aliphatic rings. The highest BCUT2D eigenvalue weighted by atomic mass is 16.5. The van der Waals surface area contributed by atoms with Gasteiger partial charge in [-0.15, -0.1) is 0 Å². The molecule has 0 atom stereocenters. The van der Waals surface area contributed by atoms with E-state index in [2.05, 4.69) is 10.1 Å². The van der Waals surface area contributed by atoms with Crippen molar-refractivity contribution < 1.29 is 15.7 Å². The number of hydrogen-bond acceptors (Lipinski definition) is 4. The van der Waals surface area contributed by atoms with Crippen LogP contribution in [0, 0.1) is 0 Å². The van der Waals surface area contributed by atoms with Gasteiger partial charge in [-0.25, -0.2) is 0 Å². The smallest absolute Gasteiger partial charge is 0.307 e. The third-order valence-electron chi connectivity index (χ3n) is 2.42. The van der Waals surface area contributed by atoms with Crippen molar-refractivity contribution in [3.63, 3.8) is 0 Å². The van der Waals surface area contributed by atoms with Gasteiger partial charge in [-0.1, -0.05) is 25.1 Å². The number of ether oxygens (including phenoxy) is 1. The minimum absolute atomic E-state index is 0.181. The van der Waals surface area contributed by atoms with Gasteiger partial charge in [-0.05, 0) is 32.7 Å². The molecule has 0 radical (unpaired) electrons. The second kappa shape index (κ2) is 11.0. The summed E-state index contributed by atoms with van der Waals surface area (Å²) in [4.78, 5) is 24.1. The predicted molar refractivity (Wildman–Crippen MR) is 79.6 cm³/mol. The van der Waals surface area contributed by atoms with Gasteiger partial charge in [0.05, 0.1) is 13.5 Å². The Labute approximate surface area is 122 Å². The number of benzene rings is 1. The number of esters is 1. The zero-order valence-electron chi connectivity index (χ0n) is 13.4. The van der Waals surface area contributed by atoms with Gasteiger partial charge in [-0.3, -0.25) is 9.59 Å². The van der Waals surface area contributed by atoms with E-state index in [1.165, 1.54) is 7.11 Å². The second-order valence-electron chi connectivity index (χ2n) is 4.12. The monoisotopic (exact) mass is 281 g/mol. The largest absolute Gasteiger partial charge is 0.469 e. The average molecular weight is 281 g/mol. The molecule has 0 spiro atoms. The number of amides is 1. The van der Waals surface area contributed by atoms with Crippen LogP contribution in [0.1, 0.15) is 25.1 Å². The van der Waals surface area contributed by atoms with Crippen LogP contribution in [0.25, 0.3) is 0 Å². The Morgan fingerprint density at radius 3 is 2.45 bits per heavy atom. The minimum atomic E-state index is -0.330. The molecule has 0 unspecified atom stereocenters. The van der Waals surface area contributed by atoms with Crippen LogP contribution in [0.15, 0.2) is 30.3 Å². The summed E-state index contributed by atoms with van der Waals surface area (Å²) in [6, 6.07) is 8.84. The van der Waals surface area contributed by atoms with E-state index in [9.17, 15) is 9.59 Å².